The number of benzene rings is 1. The van der Waals surface area contributed by atoms with Crippen molar-refractivity contribution in [3.63, 3.8) is 0 Å². The van der Waals surface area contributed by atoms with Crippen LogP contribution in [-0.2, 0) is 21.4 Å². The van der Waals surface area contributed by atoms with E-state index in [1.165, 1.54) is 18.2 Å². The first-order valence-corrected chi connectivity index (χ1v) is 8.36. The smallest absolute Gasteiger partial charge is 0.240 e. The molecule has 0 atom stereocenters. The third-order valence-electron chi connectivity index (χ3n) is 3.40. The third-order valence-corrected chi connectivity index (χ3v) is 5.19. The zero-order valence-corrected chi connectivity index (χ0v) is 12.6. The summed E-state index contributed by atoms with van der Waals surface area (Å²) in [7, 11) is -3.57. The zero-order valence-electron chi connectivity index (χ0n) is 11.0. The summed E-state index contributed by atoms with van der Waals surface area (Å²) in [6.45, 7) is 1.48. The lowest BCUT2D eigenvalue weighted by Gasteiger charge is -2.22. The molecule has 1 fully saturated rings. The maximum atomic E-state index is 12.2. The highest BCUT2D eigenvalue weighted by Gasteiger charge is 2.19. The Morgan fingerprint density at radius 3 is 2.70 bits per heavy atom. The number of aliphatic hydroxyl groups is 1. The normalized spacial score (nSPS) is 17.3. The summed E-state index contributed by atoms with van der Waals surface area (Å²) in [4.78, 5) is 0.123. The monoisotopic (exact) mass is 319 g/mol. The molecule has 0 spiro atoms. The molecular formula is C13H18ClNO4S. The van der Waals surface area contributed by atoms with E-state index in [1.54, 1.807) is 0 Å². The van der Waals surface area contributed by atoms with Crippen LogP contribution in [0.5, 0.6) is 0 Å². The minimum absolute atomic E-state index is 0.123. The predicted octanol–water partition coefficient (Wildman–Crippen LogP) is 1.54. The molecule has 1 aromatic carbocycles. The van der Waals surface area contributed by atoms with E-state index in [0.29, 0.717) is 36.3 Å². The molecule has 112 valence electrons. The van der Waals surface area contributed by atoms with Crippen molar-refractivity contribution in [2.75, 3.05) is 19.8 Å². The molecule has 0 radical (unpaired) electrons. The molecule has 0 aliphatic carbocycles. The van der Waals surface area contributed by atoms with Crippen LogP contribution in [0.1, 0.15) is 18.4 Å². The van der Waals surface area contributed by atoms with E-state index in [0.717, 1.165) is 12.8 Å². The molecule has 7 heteroatoms. The highest BCUT2D eigenvalue weighted by atomic mass is 35.5. The van der Waals surface area contributed by atoms with Crippen LogP contribution in [0.3, 0.4) is 0 Å². The lowest BCUT2D eigenvalue weighted by atomic mass is 10.0. The van der Waals surface area contributed by atoms with Crippen molar-refractivity contribution in [1.29, 1.82) is 0 Å². The molecule has 0 saturated carbocycles. The van der Waals surface area contributed by atoms with Gasteiger partial charge in [0.25, 0.3) is 0 Å². The van der Waals surface area contributed by atoms with Crippen LogP contribution in [0, 0.1) is 5.92 Å². The van der Waals surface area contributed by atoms with Gasteiger partial charge in [-0.25, -0.2) is 13.1 Å². The molecule has 0 bridgehead atoms. The van der Waals surface area contributed by atoms with E-state index in [-0.39, 0.29) is 11.5 Å². The van der Waals surface area contributed by atoms with Crippen molar-refractivity contribution in [2.45, 2.75) is 24.3 Å². The van der Waals surface area contributed by atoms with Gasteiger partial charge in [-0.2, -0.15) is 0 Å². The molecule has 1 aliphatic rings. The molecule has 2 N–H and O–H groups in total. The van der Waals surface area contributed by atoms with Crippen molar-refractivity contribution < 1.29 is 18.3 Å². The first kappa shape index (κ1) is 15.7. The SMILES string of the molecule is O=S(=O)(NCC1CCOCC1)c1ccc(Cl)c(CO)c1. The van der Waals surface area contributed by atoms with Gasteiger partial charge in [0.05, 0.1) is 11.5 Å². The lowest BCUT2D eigenvalue weighted by molar-refractivity contribution is 0.0678. The Kier molecular flexibility index (Phi) is 5.40. The Morgan fingerprint density at radius 1 is 1.35 bits per heavy atom. The number of hydrogen-bond donors (Lipinski definition) is 2. The molecule has 2 rings (SSSR count). The fourth-order valence-corrected chi connectivity index (χ4v) is 3.44. The van der Waals surface area contributed by atoms with Gasteiger partial charge in [-0.1, -0.05) is 11.6 Å². The second-order valence-electron chi connectivity index (χ2n) is 4.82. The molecule has 1 heterocycles. The van der Waals surface area contributed by atoms with Crippen molar-refractivity contribution >= 4 is 21.6 Å². The molecule has 5 nitrogen and oxygen atoms in total. The van der Waals surface area contributed by atoms with Crippen molar-refractivity contribution in [2.24, 2.45) is 5.92 Å². The minimum atomic E-state index is -3.57. The quantitative estimate of drug-likeness (QED) is 0.863. The Labute approximate surface area is 124 Å². The van der Waals surface area contributed by atoms with Crippen LogP contribution in [0.2, 0.25) is 5.02 Å². The molecule has 1 aliphatic heterocycles. The predicted molar refractivity (Wildman–Crippen MR) is 76.1 cm³/mol. The Bertz CT molecular complexity index is 555. The van der Waals surface area contributed by atoms with Crippen LogP contribution in [0.25, 0.3) is 0 Å². The van der Waals surface area contributed by atoms with Crippen molar-refractivity contribution in [3.05, 3.63) is 28.8 Å². The maximum absolute atomic E-state index is 12.2. The Hall–Kier alpha value is -0.660. The first-order valence-electron chi connectivity index (χ1n) is 6.49. The van der Waals surface area contributed by atoms with Gasteiger partial charge in [0, 0.05) is 24.8 Å². The van der Waals surface area contributed by atoms with Crippen LogP contribution in [-0.4, -0.2) is 33.3 Å². The van der Waals surface area contributed by atoms with E-state index in [9.17, 15) is 8.42 Å². The van der Waals surface area contributed by atoms with E-state index in [4.69, 9.17) is 21.4 Å². The number of halogens is 1. The number of ether oxygens (including phenoxy) is 1. The summed E-state index contributed by atoms with van der Waals surface area (Å²) in [5.74, 6) is 0.308. The van der Waals surface area contributed by atoms with Gasteiger partial charge in [0.15, 0.2) is 0 Å². The largest absolute Gasteiger partial charge is 0.392 e. The highest BCUT2D eigenvalue weighted by molar-refractivity contribution is 7.89. The van der Waals surface area contributed by atoms with Gasteiger partial charge < -0.3 is 9.84 Å². The molecule has 0 unspecified atom stereocenters. The minimum Gasteiger partial charge on any atom is -0.392 e. The van der Waals surface area contributed by atoms with Crippen molar-refractivity contribution in [3.8, 4) is 0 Å². The van der Waals surface area contributed by atoms with Crippen LogP contribution in [0.15, 0.2) is 23.1 Å². The van der Waals surface area contributed by atoms with E-state index >= 15 is 0 Å². The second kappa shape index (κ2) is 6.87. The number of aliphatic hydroxyl groups excluding tert-OH is 1. The molecule has 20 heavy (non-hydrogen) atoms. The summed E-state index contributed by atoms with van der Waals surface area (Å²) in [6, 6.07) is 4.32. The van der Waals surface area contributed by atoms with Gasteiger partial charge in [0.2, 0.25) is 10.0 Å². The van der Waals surface area contributed by atoms with E-state index in [1.807, 2.05) is 0 Å². The van der Waals surface area contributed by atoms with E-state index in [2.05, 4.69) is 4.72 Å². The molecular weight excluding hydrogens is 302 g/mol. The van der Waals surface area contributed by atoms with Gasteiger partial charge in [0.1, 0.15) is 0 Å². The summed E-state index contributed by atoms with van der Waals surface area (Å²) in [6.07, 6.45) is 1.73. The third kappa shape index (κ3) is 3.93. The van der Waals surface area contributed by atoms with Crippen molar-refractivity contribution in [1.82, 2.24) is 4.72 Å². The maximum Gasteiger partial charge on any atom is 0.240 e. The highest BCUT2D eigenvalue weighted by Crippen LogP contribution is 2.21. The molecule has 0 aromatic heterocycles. The van der Waals surface area contributed by atoms with Gasteiger partial charge in [-0.05, 0) is 42.5 Å². The zero-order chi connectivity index (χ0) is 14.6. The van der Waals surface area contributed by atoms with Gasteiger partial charge >= 0.3 is 0 Å². The summed E-state index contributed by atoms with van der Waals surface area (Å²) >= 11 is 5.86. The number of rotatable bonds is 5. The topological polar surface area (TPSA) is 75.6 Å². The van der Waals surface area contributed by atoms with Gasteiger partial charge in [-0.15, -0.1) is 0 Å². The fraction of sp³-hybridized carbons (Fsp3) is 0.538. The van der Waals surface area contributed by atoms with E-state index < -0.39 is 10.0 Å². The van der Waals surface area contributed by atoms with Crippen LogP contribution < -0.4 is 4.72 Å². The molecule has 0 amide bonds. The van der Waals surface area contributed by atoms with Crippen LogP contribution >= 0.6 is 11.6 Å². The second-order valence-corrected chi connectivity index (χ2v) is 6.99. The standard InChI is InChI=1S/C13H18ClNO4S/c14-13-2-1-12(7-11(13)9-16)20(17,18)15-8-10-3-5-19-6-4-10/h1-2,7,10,15-16H,3-6,8-9H2. The summed E-state index contributed by atoms with van der Waals surface area (Å²) in [5, 5.41) is 9.49. The molecule has 1 aromatic rings. The average Bonchev–Trinajstić information content (AvgIpc) is 2.46. The summed E-state index contributed by atoms with van der Waals surface area (Å²) in [5.41, 5.74) is 0.403. The average molecular weight is 320 g/mol. The molecule has 1 saturated heterocycles. The summed E-state index contributed by atoms with van der Waals surface area (Å²) < 4.78 is 32.2. The number of hydrogen-bond acceptors (Lipinski definition) is 4. The number of nitrogens with one attached hydrogen (secondary N) is 1. The Morgan fingerprint density at radius 2 is 2.05 bits per heavy atom. The fourth-order valence-electron chi connectivity index (χ4n) is 2.10. The first-order chi connectivity index (χ1) is 9.53. The lowest BCUT2D eigenvalue weighted by Crippen LogP contribution is -2.32. The van der Waals surface area contributed by atoms with Gasteiger partial charge in [-0.3, -0.25) is 0 Å². The number of sulfonamides is 1. The Balaban J connectivity index is 2.05. The van der Waals surface area contributed by atoms with Crippen LogP contribution in [0.4, 0.5) is 0 Å².